The van der Waals surface area contributed by atoms with E-state index in [1.165, 1.54) is 18.2 Å². The summed E-state index contributed by atoms with van der Waals surface area (Å²) >= 11 is 0. The Kier molecular flexibility index (Phi) is 3.98. The van der Waals surface area contributed by atoms with Gasteiger partial charge in [-0.05, 0) is 24.3 Å². The number of nitrogens with one attached hydrogen (secondary N) is 1. The maximum Gasteiger partial charge on any atom is 0.128 e. The standard InChI is InChI=1S/C15H15F2N3/c1-20(13-4-2-3-12(16)8-13)9-11-6-5-10(15(18)19)7-14(11)17/h2-8H,9H2,1H3,(H3,18,19). The Morgan fingerprint density at radius 3 is 2.55 bits per heavy atom. The molecule has 0 atom stereocenters. The van der Waals surface area contributed by atoms with Crippen molar-refractivity contribution in [3.63, 3.8) is 0 Å². The summed E-state index contributed by atoms with van der Waals surface area (Å²) in [6.07, 6.45) is 0. The van der Waals surface area contributed by atoms with E-state index in [1.807, 2.05) is 0 Å². The third-order valence-corrected chi connectivity index (χ3v) is 3.02. The fourth-order valence-corrected chi connectivity index (χ4v) is 1.90. The van der Waals surface area contributed by atoms with Crippen molar-refractivity contribution in [2.45, 2.75) is 6.54 Å². The first-order chi connectivity index (χ1) is 9.47. The molecule has 0 aromatic heterocycles. The molecule has 0 bridgehead atoms. The molecule has 0 saturated heterocycles. The van der Waals surface area contributed by atoms with Crippen LogP contribution in [0, 0.1) is 17.0 Å². The zero-order valence-corrected chi connectivity index (χ0v) is 11.0. The summed E-state index contributed by atoms with van der Waals surface area (Å²) in [6, 6.07) is 10.5. The monoisotopic (exact) mass is 275 g/mol. The quantitative estimate of drug-likeness (QED) is 0.666. The Labute approximate surface area is 116 Å². The molecular weight excluding hydrogens is 260 g/mol. The van der Waals surface area contributed by atoms with E-state index in [1.54, 1.807) is 36.2 Å². The number of nitrogen functional groups attached to an aromatic ring is 1. The Morgan fingerprint density at radius 2 is 1.95 bits per heavy atom. The third kappa shape index (κ3) is 3.12. The molecule has 20 heavy (non-hydrogen) atoms. The molecule has 0 saturated carbocycles. The summed E-state index contributed by atoms with van der Waals surface area (Å²) in [6.45, 7) is 0.299. The smallest absolute Gasteiger partial charge is 0.128 e. The van der Waals surface area contributed by atoms with Gasteiger partial charge in [0.1, 0.15) is 17.5 Å². The van der Waals surface area contributed by atoms with E-state index in [0.717, 1.165) is 0 Å². The first kappa shape index (κ1) is 14.0. The number of benzene rings is 2. The van der Waals surface area contributed by atoms with Crippen molar-refractivity contribution in [1.82, 2.24) is 0 Å². The molecular formula is C15H15F2N3. The average molecular weight is 275 g/mol. The van der Waals surface area contributed by atoms with Crippen LogP contribution in [0.3, 0.4) is 0 Å². The predicted molar refractivity (Wildman–Crippen MR) is 75.9 cm³/mol. The molecule has 0 amide bonds. The Bertz CT molecular complexity index is 641. The molecule has 0 spiro atoms. The van der Waals surface area contributed by atoms with Crippen LogP contribution in [0.4, 0.5) is 14.5 Å². The van der Waals surface area contributed by atoms with Crippen LogP contribution in [0.1, 0.15) is 11.1 Å². The van der Waals surface area contributed by atoms with Gasteiger partial charge in [-0.2, -0.15) is 0 Å². The first-order valence-electron chi connectivity index (χ1n) is 6.07. The van der Waals surface area contributed by atoms with Gasteiger partial charge in [0.05, 0.1) is 0 Å². The molecule has 2 rings (SSSR count). The van der Waals surface area contributed by atoms with Crippen LogP contribution >= 0.6 is 0 Å². The van der Waals surface area contributed by atoms with Gasteiger partial charge in [0.2, 0.25) is 0 Å². The van der Waals surface area contributed by atoms with E-state index >= 15 is 0 Å². The van der Waals surface area contributed by atoms with Crippen molar-refractivity contribution in [2.24, 2.45) is 5.73 Å². The van der Waals surface area contributed by atoms with Crippen LogP contribution < -0.4 is 10.6 Å². The van der Waals surface area contributed by atoms with Crippen molar-refractivity contribution in [3.05, 3.63) is 65.2 Å². The van der Waals surface area contributed by atoms with Gasteiger partial charge in [0, 0.05) is 30.4 Å². The summed E-state index contributed by atoms with van der Waals surface area (Å²) in [5, 5.41) is 7.26. The molecule has 104 valence electrons. The predicted octanol–water partition coefficient (Wildman–Crippen LogP) is 2.89. The number of nitrogens with two attached hydrogens (primary N) is 1. The van der Waals surface area contributed by atoms with Crippen LogP contribution in [0.15, 0.2) is 42.5 Å². The number of amidine groups is 1. The first-order valence-corrected chi connectivity index (χ1v) is 6.07. The van der Waals surface area contributed by atoms with Crippen molar-refractivity contribution < 1.29 is 8.78 Å². The van der Waals surface area contributed by atoms with E-state index in [-0.39, 0.29) is 11.7 Å². The van der Waals surface area contributed by atoms with Gasteiger partial charge in [0.15, 0.2) is 0 Å². The lowest BCUT2D eigenvalue weighted by molar-refractivity contribution is 0.606. The summed E-state index contributed by atoms with van der Waals surface area (Å²) in [4.78, 5) is 1.74. The second-order valence-corrected chi connectivity index (χ2v) is 4.56. The van der Waals surface area contributed by atoms with Crippen molar-refractivity contribution in [3.8, 4) is 0 Å². The van der Waals surface area contributed by atoms with Crippen LogP contribution in [-0.4, -0.2) is 12.9 Å². The van der Waals surface area contributed by atoms with Gasteiger partial charge >= 0.3 is 0 Å². The van der Waals surface area contributed by atoms with Crippen LogP contribution in [0.25, 0.3) is 0 Å². The Hall–Kier alpha value is -2.43. The highest BCUT2D eigenvalue weighted by molar-refractivity contribution is 5.94. The number of anilines is 1. The van der Waals surface area contributed by atoms with Gasteiger partial charge in [0.25, 0.3) is 0 Å². The molecule has 3 N–H and O–H groups in total. The Balaban J connectivity index is 2.19. The molecule has 5 heteroatoms. The van der Waals surface area contributed by atoms with E-state index in [9.17, 15) is 8.78 Å². The maximum atomic E-state index is 13.9. The van der Waals surface area contributed by atoms with Crippen molar-refractivity contribution in [1.29, 1.82) is 5.41 Å². The second kappa shape index (κ2) is 5.69. The largest absolute Gasteiger partial charge is 0.384 e. The van der Waals surface area contributed by atoms with Crippen LogP contribution in [0.2, 0.25) is 0 Å². The summed E-state index contributed by atoms with van der Waals surface area (Å²) < 4.78 is 27.1. The number of hydrogen-bond acceptors (Lipinski definition) is 2. The summed E-state index contributed by atoms with van der Waals surface area (Å²) in [7, 11) is 1.76. The lowest BCUT2D eigenvalue weighted by atomic mass is 10.1. The lowest BCUT2D eigenvalue weighted by Gasteiger charge is -2.20. The normalized spacial score (nSPS) is 10.3. The molecule has 2 aromatic carbocycles. The zero-order chi connectivity index (χ0) is 14.7. The molecule has 3 nitrogen and oxygen atoms in total. The number of hydrogen-bond donors (Lipinski definition) is 2. The van der Waals surface area contributed by atoms with Crippen LogP contribution in [-0.2, 0) is 6.54 Å². The number of nitrogens with zero attached hydrogens (tertiary/aromatic N) is 1. The van der Waals surface area contributed by atoms with Gasteiger partial charge < -0.3 is 10.6 Å². The fraction of sp³-hybridized carbons (Fsp3) is 0.133. The Morgan fingerprint density at radius 1 is 1.20 bits per heavy atom. The highest BCUT2D eigenvalue weighted by atomic mass is 19.1. The molecule has 0 unspecified atom stereocenters. The molecule has 0 aliphatic heterocycles. The highest BCUT2D eigenvalue weighted by Crippen LogP contribution is 2.18. The van der Waals surface area contributed by atoms with E-state index in [4.69, 9.17) is 11.1 Å². The zero-order valence-electron chi connectivity index (χ0n) is 11.0. The van der Waals surface area contributed by atoms with Gasteiger partial charge in [-0.3, -0.25) is 5.41 Å². The third-order valence-electron chi connectivity index (χ3n) is 3.02. The van der Waals surface area contributed by atoms with Gasteiger partial charge in [-0.25, -0.2) is 8.78 Å². The molecule has 0 radical (unpaired) electrons. The summed E-state index contributed by atoms with van der Waals surface area (Å²) in [5.74, 6) is -0.934. The van der Waals surface area contributed by atoms with E-state index in [0.29, 0.717) is 23.4 Å². The fourth-order valence-electron chi connectivity index (χ4n) is 1.90. The topological polar surface area (TPSA) is 53.1 Å². The number of rotatable bonds is 4. The SMILES string of the molecule is CN(Cc1ccc(C(=N)N)cc1F)c1cccc(F)c1. The molecule has 0 fully saturated rings. The lowest BCUT2D eigenvalue weighted by Crippen LogP contribution is -2.18. The maximum absolute atomic E-state index is 13.9. The molecule has 0 heterocycles. The number of halogens is 2. The second-order valence-electron chi connectivity index (χ2n) is 4.56. The van der Waals surface area contributed by atoms with Crippen molar-refractivity contribution >= 4 is 11.5 Å². The molecule has 0 aliphatic carbocycles. The minimum Gasteiger partial charge on any atom is -0.384 e. The van der Waals surface area contributed by atoms with Crippen molar-refractivity contribution in [2.75, 3.05) is 11.9 Å². The molecule has 2 aromatic rings. The average Bonchev–Trinajstić information content (AvgIpc) is 2.40. The highest BCUT2D eigenvalue weighted by Gasteiger charge is 2.09. The van der Waals surface area contributed by atoms with Crippen LogP contribution in [0.5, 0.6) is 0 Å². The minimum absolute atomic E-state index is 0.172. The molecule has 0 aliphatic rings. The van der Waals surface area contributed by atoms with Gasteiger partial charge in [-0.15, -0.1) is 0 Å². The van der Waals surface area contributed by atoms with E-state index < -0.39 is 5.82 Å². The van der Waals surface area contributed by atoms with Gasteiger partial charge in [-0.1, -0.05) is 18.2 Å². The summed E-state index contributed by atoms with van der Waals surface area (Å²) in [5.41, 5.74) is 6.78. The minimum atomic E-state index is -0.430. The van der Waals surface area contributed by atoms with E-state index in [2.05, 4.69) is 0 Å².